The normalized spacial score (nSPS) is 13.1. The van der Waals surface area contributed by atoms with E-state index in [-0.39, 0.29) is 0 Å². The molecule has 0 aliphatic carbocycles. The fraction of sp³-hybridized carbons (Fsp3) is 0.636. The van der Waals surface area contributed by atoms with Gasteiger partial charge in [0.05, 0.1) is 0 Å². The van der Waals surface area contributed by atoms with E-state index < -0.39 is 10.0 Å². The Morgan fingerprint density at radius 1 is 0.957 bits per heavy atom. The van der Waals surface area contributed by atoms with Gasteiger partial charge in [-0.25, -0.2) is 10.0 Å². The highest BCUT2D eigenvalue weighted by atomic mass is 32.3. The summed E-state index contributed by atoms with van der Waals surface area (Å²) < 4.78 is 0.423. The summed E-state index contributed by atoms with van der Waals surface area (Å²) in [5.41, 5.74) is 4.28. The van der Waals surface area contributed by atoms with Gasteiger partial charge in [0.15, 0.2) is 0 Å². The smallest absolute Gasteiger partial charge is 0.00871 e. The van der Waals surface area contributed by atoms with Crippen molar-refractivity contribution in [2.24, 2.45) is 0 Å². The average molecular weight is 335 g/mol. The summed E-state index contributed by atoms with van der Waals surface area (Å²) in [6.45, 7) is 13.4. The molecule has 1 aromatic rings. The van der Waals surface area contributed by atoms with Crippen LogP contribution in [-0.4, -0.2) is 23.0 Å². The van der Waals surface area contributed by atoms with Crippen LogP contribution in [-0.2, 0) is 12.8 Å². The molecular formula is C22H38S. The molecule has 0 N–H and O–H groups in total. The molecule has 0 aliphatic rings. The minimum absolute atomic E-state index is 0.423. The van der Waals surface area contributed by atoms with Crippen LogP contribution in [0.3, 0.4) is 0 Å². The van der Waals surface area contributed by atoms with Crippen molar-refractivity contribution >= 4 is 16.1 Å². The summed E-state index contributed by atoms with van der Waals surface area (Å²) in [4.78, 5) is 0. The molecule has 1 rings (SSSR count). The standard InChI is InChI=1S/C22H38S/c1-8-10-11-12-13-20-16-19(9-2)17-21(18-20)14-15-23(6,7)22(3,4)5/h9,16-18H,2,8,10-15H2,1,3-7H3. The van der Waals surface area contributed by atoms with E-state index in [4.69, 9.17) is 0 Å². The summed E-state index contributed by atoms with van der Waals surface area (Å²) in [6.07, 6.45) is 14.7. The van der Waals surface area contributed by atoms with Crippen molar-refractivity contribution in [3.05, 3.63) is 41.5 Å². The van der Waals surface area contributed by atoms with Gasteiger partial charge in [0.1, 0.15) is 0 Å². The second-order valence-electron chi connectivity index (χ2n) is 8.20. The second kappa shape index (κ2) is 8.97. The Morgan fingerprint density at radius 3 is 2.09 bits per heavy atom. The Balaban J connectivity index is 2.76. The van der Waals surface area contributed by atoms with Crippen molar-refractivity contribution in [3.8, 4) is 0 Å². The lowest BCUT2D eigenvalue weighted by Gasteiger charge is -2.44. The maximum atomic E-state index is 3.98. The number of unbranched alkanes of at least 4 members (excludes halogenated alkanes) is 3. The molecule has 0 amide bonds. The Labute approximate surface area is 147 Å². The molecule has 0 atom stereocenters. The molecule has 0 heterocycles. The lowest BCUT2D eigenvalue weighted by atomic mass is 9.99. The predicted octanol–water partition coefficient (Wildman–Crippen LogP) is 6.86. The Bertz CT molecular complexity index is 491. The lowest BCUT2D eigenvalue weighted by Crippen LogP contribution is -2.26. The van der Waals surface area contributed by atoms with Crippen LogP contribution in [0.15, 0.2) is 24.8 Å². The van der Waals surface area contributed by atoms with Gasteiger partial charge in [0.25, 0.3) is 0 Å². The molecule has 132 valence electrons. The first-order valence-electron chi connectivity index (χ1n) is 9.15. The minimum atomic E-state index is -0.578. The van der Waals surface area contributed by atoms with E-state index in [2.05, 4.69) is 65.0 Å². The van der Waals surface area contributed by atoms with Gasteiger partial charge in [-0.05, 0) is 59.0 Å². The van der Waals surface area contributed by atoms with Gasteiger partial charge >= 0.3 is 0 Å². The zero-order valence-corrected chi connectivity index (χ0v) is 17.2. The number of rotatable bonds is 9. The van der Waals surface area contributed by atoms with Crippen molar-refractivity contribution in [2.75, 3.05) is 18.3 Å². The van der Waals surface area contributed by atoms with Crippen LogP contribution in [0.1, 0.15) is 70.1 Å². The topological polar surface area (TPSA) is 0 Å². The molecule has 0 bridgehead atoms. The van der Waals surface area contributed by atoms with E-state index >= 15 is 0 Å². The van der Waals surface area contributed by atoms with Crippen molar-refractivity contribution in [2.45, 2.75) is 71.0 Å². The van der Waals surface area contributed by atoms with Crippen LogP contribution < -0.4 is 0 Å². The molecular weight excluding hydrogens is 296 g/mol. The maximum absolute atomic E-state index is 3.98. The Kier molecular flexibility index (Phi) is 7.94. The lowest BCUT2D eigenvalue weighted by molar-refractivity contribution is 0.666. The van der Waals surface area contributed by atoms with Crippen molar-refractivity contribution in [1.82, 2.24) is 0 Å². The van der Waals surface area contributed by atoms with Gasteiger partial charge in [-0.15, -0.1) is 0 Å². The summed E-state index contributed by atoms with van der Waals surface area (Å²) >= 11 is 0. The van der Waals surface area contributed by atoms with Crippen LogP contribution in [0.25, 0.3) is 6.08 Å². The summed E-state index contributed by atoms with van der Waals surface area (Å²) in [6, 6.07) is 7.10. The SMILES string of the molecule is C=Cc1cc(CCCCCC)cc(CCS(C)(C)C(C)(C)C)c1. The highest BCUT2D eigenvalue weighted by Crippen LogP contribution is 2.52. The molecule has 0 radical (unpaired) electrons. The van der Waals surface area contributed by atoms with Gasteiger partial charge in [-0.1, -0.05) is 77.8 Å². The van der Waals surface area contributed by atoms with Crippen molar-refractivity contribution < 1.29 is 0 Å². The molecule has 0 fully saturated rings. The molecule has 0 unspecified atom stereocenters. The third kappa shape index (κ3) is 6.75. The molecule has 23 heavy (non-hydrogen) atoms. The number of hydrogen-bond donors (Lipinski definition) is 0. The quantitative estimate of drug-likeness (QED) is 0.433. The number of hydrogen-bond acceptors (Lipinski definition) is 0. The molecule has 0 nitrogen and oxygen atoms in total. The molecule has 1 heteroatoms. The zero-order valence-electron chi connectivity index (χ0n) is 16.4. The summed E-state index contributed by atoms with van der Waals surface area (Å²) in [7, 11) is -0.578. The molecule has 0 saturated heterocycles. The highest BCUT2D eigenvalue weighted by Gasteiger charge is 2.27. The Morgan fingerprint density at radius 2 is 1.57 bits per heavy atom. The van der Waals surface area contributed by atoms with E-state index in [0.29, 0.717) is 4.75 Å². The third-order valence-electron chi connectivity index (χ3n) is 5.19. The van der Waals surface area contributed by atoms with Gasteiger partial charge in [-0.3, -0.25) is 0 Å². The van der Waals surface area contributed by atoms with E-state index in [1.807, 2.05) is 6.08 Å². The van der Waals surface area contributed by atoms with Crippen LogP contribution in [0, 0.1) is 0 Å². The average Bonchev–Trinajstić information content (AvgIpc) is 2.48. The zero-order chi connectivity index (χ0) is 17.5. The van der Waals surface area contributed by atoms with Gasteiger partial charge in [0.2, 0.25) is 0 Å². The summed E-state index contributed by atoms with van der Waals surface area (Å²) in [5.74, 6) is 1.31. The first kappa shape index (κ1) is 20.4. The van der Waals surface area contributed by atoms with Gasteiger partial charge in [-0.2, -0.15) is 0 Å². The van der Waals surface area contributed by atoms with Crippen LogP contribution >= 0.6 is 10.0 Å². The second-order valence-corrected chi connectivity index (χ2v) is 12.9. The van der Waals surface area contributed by atoms with E-state index in [9.17, 15) is 0 Å². The first-order chi connectivity index (χ1) is 10.7. The number of aryl methyl sites for hydroxylation is 2. The molecule has 1 aromatic carbocycles. The minimum Gasteiger partial charge on any atom is -0.242 e. The maximum Gasteiger partial charge on any atom is -0.00871 e. The molecule has 0 spiro atoms. The number of benzene rings is 1. The van der Waals surface area contributed by atoms with Crippen molar-refractivity contribution in [1.29, 1.82) is 0 Å². The fourth-order valence-electron chi connectivity index (χ4n) is 2.63. The Hall–Kier alpha value is -0.690. The third-order valence-corrected chi connectivity index (χ3v) is 9.73. The summed E-state index contributed by atoms with van der Waals surface area (Å²) in [5, 5.41) is 0. The first-order valence-corrected chi connectivity index (χ1v) is 11.8. The van der Waals surface area contributed by atoms with E-state index in [1.165, 1.54) is 61.0 Å². The van der Waals surface area contributed by atoms with Crippen LogP contribution in [0.4, 0.5) is 0 Å². The monoisotopic (exact) mass is 334 g/mol. The highest BCUT2D eigenvalue weighted by molar-refractivity contribution is 8.33. The largest absolute Gasteiger partial charge is 0.242 e. The molecule has 0 aromatic heterocycles. The van der Waals surface area contributed by atoms with Crippen LogP contribution in [0.2, 0.25) is 0 Å². The van der Waals surface area contributed by atoms with E-state index in [1.54, 1.807) is 0 Å². The van der Waals surface area contributed by atoms with Gasteiger partial charge < -0.3 is 0 Å². The van der Waals surface area contributed by atoms with Crippen molar-refractivity contribution in [3.63, 3.8) is 0 Å². The predicted molar refractivity (Wildman–Crippen MR) is 112 cm³/mol. The fourth-order valence-corrected chi connectivity index (χ4v) is 3.99. The molecule has 0 aliphatic heterocycles. The van der Waals surface area contributed by atoms with Gasteiger partial charge in [0, 0.05) is 0 Å². The van der Waals surface area contributed by atoms with Crippen LogP contribution in [0.5, 0.6) is 0 Å². The molecule has 0 saturated carbocycles. The van der Waals surface area contributed by atoms with E-state index in [0.717, 1.165) is 0 Å².